The number of aliphatic carboxylic acids is 3. The number of hydrogen-bond donors (Lipinski definition) is 5. The second kappa shape index (κ2) is 20.9. The highest BCUT2D eigenvalue weighted by molar-refractivity contribution is 5.94. The lowest BCUT2D eigenvalue weighted by molar-refractivity contribution is -0.193. The van der Waals surface area contributed by atoms with Crippen molar-refractivity contribution in [3.05, 3.63) is 60.4 Å². The molecule has 296 valence electrons. The van der Waals surface area contributed by atoms with Crippen molar-refractivity contribution in [2.45, 2.75) is 25.1 Å². The van der Waals surface area contributed by atoms with Gasteiger partial charge < -0.3 is 40.1 Å². The third-order valence-corrected chi connectivity index (χ3v) is 5.89. The number of amides is 2. The molecule has 0 saturated carbocycles. The van der Waals surface area contributed by atoms with Crippen molar-refractivity contribution < 1.29 is 78.7 Å². The number of carbonyl (C=O) groups is 4. The van der Waals surface area contributed by atoms with Crippen molar-refractivity contribution in [2.24, 2.45) is 0 Å². The zero-order valence-electron chi connectivity index (χ0n) is 28.4. The van der Waals surface area contributed by atoms with Crippen LogP contribution in [0.15, 0.2) is 54.9 Å². The summed E-state index contributed by atoms with van der Waals surface area (Å²) >= 11 is 0. The van der Waals surface area contributed by atoms with Crippen LogP contribution in [-0.2, 0) is 20.9 Å². The van der Waals surface area contributed by atoms with Gasteiger partial charge in [0.25, 0.3) is 0 Å². The van der Waals surface area contributed by atoms with E-state index >= 15 is 0 Å². The Morgan fingerprint density at radius 1 is 0.774 bits per heavy atom. The van der Waals surface area contributed by atoms with Gasteiger partial charge in [-0.05, 0) is 49.5 Å². The molecule has 0 bridgehead atoms. The normalized spacial score (nSPS) is 11.0. The van der Waals surface area contributed by atoms with E-state index in [9.17, 15) is 44.3 Å². The number of carboxylic acid groups (broad SMARTS) is 3. The fraction of sp³-hybridized carbons (Fsp3) is 0.367. The van der Waals surface area contributed by atoms with Gasteiger partial charge in [0.1, 0.15) is 5.75 Å². The largest absolute Gasteiger partial charge is 0.497 e. The number of anilines is 2. The minimum absolute atomic E-state index is 0.145. The molecular formula is C30H35F9N6O8. The van der Waals surface area contributed by atoms with Gasteiger partial charge in [-0.25, -0.2) is 19.2 Å². The first-order chi connectivity index (χ1) is 24.2. The molecule has 0 saturated heterocycles. The average Bonchev–Trinajstić information content (AvgIpc) is 3.58. The van der Waals surface area contributed by atoms with Crippen LogP contribution >= 0.6 is 0 Å². The van der Waals surface area contributed by atoms with E-state index in [1.165, 1.54) is 0 Å². The monoisotopic (exact) mass is 778 g/mol. The third-order valence-electron chi connectivity index (χ3n) is 5.89. The lowest BCUT2D eigenvalue weighted by Crippen LogP contribution is -2.39. The maximum atomic E-state index is 13.3. The standard InChI is InChI=1S/C24H32N6O2.3C2HF3O2/c1-28(2)11-12-30(17-18-7-6-8-21(13-18)32-5)24(31)27-22-10-9-19(14-23(22)29(3)4)20-15-25-26-16-20;3*3-2(4,5)1(6)7/h6-10,13-16H,11-12,17H2,1-5H3,(H,25,26)(H,27,31);3*(H,6,7). The summed E-state index contributed by atoms with van der Waals surface area (Å²) in [4.78, 5) is 45.9. The summed E-state index contributed by atoms with van der Waals surface area (Å²) in [5.74, 6) is -7.49. The highest BCUT2D eigenvalue weighted by atomic mass is 19.4. The Labute approximate surface area is 295 Å². The zero-order chi connectivity index (χ0) is 41.3. The molecule has 1 aromatic heterocycles. The summed E-state index contributed by atoms with van der Waals surface area (Å²) in [6.45, 7) is 1.85. The van der Waals surface area contributed by atoms with Crippen LogP contribution in [0.2, 0.25) is 0 Å². The van der Waals surface area contributed by atoms with E-state index in [0.717, 1.165) is 40.4 Å². The van der Waals surface area contributed by atoms with Crippen LogP contribution in [0.5, 0.6) is 5.75 Å². The van der Waals surface area contributed by atoms with Crippen LogP contribution in [0.4, 0.5) is 55.7 Å². The molecule has 1 heterocycles. The molecule has 5 N–H and O–H groups in total. The number of hydrogen-bond acceptors (Lipinski definition) is 8. The second-order valence-electron chi connectivity index (χ2n) is 10.5. The summed E-state index contributed by atoms with van der Waals surface area (Å²) in [6.07, 6.45) is -11.6. The molecule has 0 aliphatic rings. The van der Waals surface area contributed by atoms with Crippen molar-refractivity contribution in [2.75, 3.05) is 58.6 Å². The first kappa shape index (κ1) is 47.3. The van der Waals surface area contributed by atoms with E-state index in [2.05, 4.69) is 20.4 Å². The number of H-pyrrole nitrogens is 1. The van der Waals surface area contributed by atoms with Gasteiger partial charge in [-0.2, -0.15) is 44.6 Å². The predicted octanol–water partition coefficient (Wildman–Crippen LogP) is 5.65. The molecule has 3 rings (SSSR count). The quantitative estimate of drug-likeness (QED) is 0.169. The van der Waals surface area contributed by atoms with Gasteiger partial charge in [0.2, 0.25) is 0 Å². The number of rotatable bonds is 9. The Hall–Kier alpha value is -5.74. The Balaban J connectivity index is 0.00000105. The Morgan fingerprint density at radius 3 is 1.68 bits per heavy atom. The number of aromatic nitrogens is 2. The molecule has 0 aliphatic carbocycles. The first-order valence-corrected chi connectivity index (χ1v) is 14.2. The van der Waals surface area contributed by atoms with Crippen molar-refractivity contribution in [3.8, 4) is 16.9 Å². The third kappa shape index (κ3) is 18.9. The van der Waals surface area contributed by atoms with E-state index in [1.807, 2.05) is 86.7 Å². The van der Waals surface area contributed by atoms with Crippen LogP contribution in [0.3, 0.4) is 0 Å². The van der Waals surface area contributed by atoms with Crippen LogP contribution in [0.25, 0.3) is 11.1 Å². The Bertz CT molecular complexity index is 1560. The number of benzene rings is 2. The van der Waals surface area contributed by atoms with Crippen molar-refractivity contribution in [1.29, 1.82) is 0 Å². The van der Waals surface area contributed by atoms with Crippen LogP contribution in [0.1, 0.15) is 5.56 Å². The molecule has 0 aliphatic heterocycles. The van der Waals surface area contributed by atoms with Crippen molar-refractivity contribution in [3.63, 3.8) is 0 Å². The topological polar surface area (TPSA) is 189 Å². The van der Waals surface area contributed by atoms with E-state index in [4.69, 9.17) is 34.4 Å². The summed E-state index contributed by atoms with van der Waals surface area (Å²) in [7, 11) is 9.57. The smallest absolute Gasteiger partial charge is 0.490 e. The fourth-order valence-electron chi connectivity index (χ4n) is 3.35. The Morgan fingerprint density at radius 2 is 1.28 bits per heavy atom. The van der Waals surface area contributed by atoms with Gasteiger partial charge in [0, 0.05) is 45.5 Å². The molecule has 0 spiro atoms. The number of aromatic amines is 1. The second-order valence-corrected chi connectivity index (χ2v) is 10.5. The van der Waals surface area contributed by atoms with Gasteiger partial charge >= 0.3 is 42.5 Å². The number of nitrogens with one attached hydrogen (secondary N) is 2. The van der Waals surface area contributed by atoms with Gasteiger partial charge in [-0.3, -0.25) is 5.10 Å². The predicted molar refractivity (Wildman–Crippen MR) is 170 cm³/mol. The number of nitrogens with zero attached hydrogens (tertiary/aromatic N) is 4. The number of ether oxygens (including phenoxy) is 1. The molecule has 0 atom stereocenters. The van der Waals surface area contributed by atoms with E-state index < -0.39 is 36.4 Å². The maximum Gasteiger partial charge on any atom is 0.490 e. The molecule has 3 aromatic rings. The summed E-state index contributed by atoms with van der Waals surface area (Å²) < 4.78 is 101. The van der Waals surface area contributed by atoms with Gasteiger partial charge in [-0.15, -0.1) is 0 Å². The number of methoxy groups -OCH3 is 1. The number of urea groups is 1. The summed E-state index contributed by atoms with van der Waals surface area (Å²) in [5, 5.41) is 31.4. The van der Waals surface area contributed by atoms with Crippen LogP contribution < -0.4 is 15.0 Å². The Kier molecular flexibility index (Phi) is 18.7. The minimum Gasteiger partial charge on any atom is -0.497 e. The zero-order valence-corrected chi connectivity index (χ0v) is 28.4. The average molecular weight is 779 g/mol. The molecule has 0 unspecified atom stereocenters. The number of alkyl halides is 9. The maximum absolute atomic E-state index is 13.3. The van der Waals surface area contributed by atoms with Crippen molar-refractivity contribution in [1.82, 2.24) is 20.0 Å². The number of likely N-dealkylation sites (N-methyl/N-ethyl adjacent to an activating group) is 1. The van der Waals surface area contributed by atoms with Crippen LogP contribution in [0, 0.1) is 0 Å². The van der Waals surface area contributed by atoms with E-state index in [0.29, 0.717) is 13.1 Å². The summed E-state index contributed by atoms with van der Waals surface area (Å²) in [6, 6.07) is 13.6. The molecule has 53 heavy (non-hydrogen) atoms. The van der Waals surface area contributed by atoms with E-state index in [1.54, 1.807) is 13.3 Å². The SMILES string of the molecule is COc1cccc(CN(CCN(C)C)C(=O)Nc2ccc(-c3cn[nH]c3)cc2N(C)C)c1.O=C(O)C(F)(F)F.O=C(O)C(F)(F)F.O=C(O)C(F)(F)F. The summed E-state index contributed by atoms with van der Waals surface area (Å²) in [5.41, 5.74) is 4.72. The highest BCUT2D eigenvalue weighted by Gasteiger charge is 2.39. The fourth-order valence-corrected chi connectivity index (χ4v) is 3.35. The molecule has 0 fully saturated rings. The minimum atomic E-state index is -5.08. The van der Waals surface area contributed by atoms with Gasteiger partial charge in [0.05, 0.1) is 24.7 Å². The molecule has 2 aromatic carbocycles. The van der Waals surface area contributed by atoms with E-state index in [-0.39, 0.29) is 6.03 Å². The lowest BCUT2D eigenvalue weighted by Gasteiger charge is -2.26. The van der Waals surface area contributed by atoms with Gasteiger partial charge in [0.15, 0.2) is 0 Å². The number of carboxylic acids is 3. The molecular weight excluding hydrogens is 743 g/mol. The number of halogens is 9. The first-order valence-electron chi connectivity index (χ1n) is 14.2. The van der Waals surface area contributed by atoms with Crippen molar-refractivity contribution >= 4 is 35.3 Å². The molecule has 23 heteroatoms. The molecule has 2 amide bonds. The number of carbonyl (C=O) groups excluding carboxylic acids is 1. The molecule has 14 nitrogen and oxygen atoms in total. The molecule has 0 radical (unpaired) electrons. The highest BCUT2D eigenvalue weighted by Crippen LogP contribution is 2.31. The van der Waals surface area contributed by atoms with Crippen LogP contribution in [-0.4, -0.2) is 126 Å². The lowest BCUT2D eigenvalue weighted by atomic mass is 10.1. The van der Waals surface area contributed by atoms with Gasteiger partial charge in [-0.1, -0.05) is 18.2 Å².